The number of carbonyl (C=O) groups is 2. The van der Waals surface area contributed by atoms with Crippen molar-refractivity contribution in [1.29, 1.82) is 0 Å². The fourth-order valence-electron chi connectivity index (χ4n) is 5.07. The molecule has 0 aromatic heterocycles. The van der Waals surface area contributed by atoms with Crippen molar-refractivity contribution < 1.29 is 18.0 Å². The summed E-state index contributed by atoms with van der Waals surface area (Å²) in [6.45, 7) is 4.62. The molecular formula is C27H36N4O4S2. The van der Waals surface area contributed by atoms with Crippen LogP contribution in [0.3, 0.4) is 0 Å². The summed E-state index contributed by atoms with van der Waals surface area (Å²) in [6.07, 6.45) is 2.55. The number of rotatable bonds is 8. The largest absolute Gasteiger partial charge is 0.342 e. The molecule has 1 saturated heterocycles. The number of sulfonamides is 1. The zero-order valence-electron chi connectivity index (χ0n) is 21.6. The minimum atomic E-state index is -3.40. The predicted molar refractivity (Wildman–Crippen MR) is 149 cm³/mol. The molecule has 1 unspecified atom stereocenters. The van der Waals surface area contributed by atoms with Crippen LogP contribution in [0.4, 0.5) is 5.69 Å². The van der Waals surface area contributed by atoms with E-state index in [0.29, 0.717) is 38.2 Å². The first-order chi connectivity index (χ1) is 17.4. The molecule has 1 fully saturated rings. The number of para-hydroxylation sites is 1. The molecule has 1 atom stereocenters. The molecule has 10 heteroatoms. The number of amides is 2. The van der Waals surface area contributed by atoms with Crippen molar-refractivity contribution in [3.8, 4) is 0 Å². The lowest BCUT2D eigenvalue weighted by atomic mass is 9.74. The van der Waals surface area contributed by atoms with Crippen molar-refractivity contribution in [3.63, 3.8) is 0 Å². The molecule has 4 rings (SSSR count). The number of nitrogens with two attached hydrogens (primary N) is 1. The van der Waals surface area contributed by atoms with E-state index >= 15 is 0 Å². The summed E-state index contributed by atoms with van der Waals surface area (Å²) in [4.78, 5) is 28.1. The van der Waals surface area contributed by atoms with Crippen LogP contribution in [0.15, 0.2) is 54.6 Å². The number of hydrogen-bond acceptors (Lipinski definition) is 6. The van der Waals surface area contributed by atoms with E-state index in [4.69, 9.17) is 5.73 Å². The Morgan fingerprint density at radius 3 is 2.32 bits per heavy atom. The van der Waals surface area contributed by atoms with Crippen molar-refractivity contribution >= 4 is 39.3 Å². The smallest absolute Gasteiger partial charge is 0.246 e. The van der Waals surface area contributed by atoms with E-state index in [2.05, 4.69) is 5.32 Å². The van der Waals surface area contributed by atoms with Crippen molar-refractivity contribution in [2.45, 2.75) is 49.4 Å². The first kappa shape index (κ1) is 27.5. The molecule has 0 saturated carbocycles. The number of anilines is 1. The molecule has 0 bridgehead atoms. The highest BCUT2D eigenvalue weighted by molar-refractivity contribution is 7.98. The van der Waals surface area contributed by atoms with Gasteiger partial charge in [0, 0.05) is 36.6 Å². The zero-order valence-corrected chi connectivity index (χ0v) is 23.3. The number of nitrogens with zero attached hydrogens (tertiary/aromatic N) is 2. The highest BCUT2D eigenvalue weighted by Gasteiger charge is 2.48. The van der Waals surface area contributed by atoms with E-state index in [1.54, 1.807) is 30.5 Å². The Morgan fingerprint density at radius 1 is 1.08 bits per heavy atom. The van der Waals surface area contributed by atoms with E-state index in [9.17, 15) is 18.0 Å². The molecule has 2 aliphatic rings. The average Bonchev–Trinajstić information content (AvgIpc) is 3.18. The maximum absolute atomic E-state index is 13.6. The minimum absolute atomic E-state index is 0.126. The Morgan fingerprint density at radius 2 is 1.70 bits per heavy atom. The van der Waals surface area contributed by atoms with Crippen LogP contribution in [0.25, 0.3) is 0 Å². The van der Waals surface area contributed by atoms with Gasteiger partial charge in [-0.15, -0.1) is 0 Å². The van der Waals surface area contributed by atoms with Crippen molar-refractivity contribution in [3.05, 3.63) is 65.7 Å². The summed E-state index contributed by atoms with van der Waals surface area (Å²) in [7, 11) is -3.40. The first-order valence-electron chi connectivity index (χ1n) is 12.5. The fraction of sp³-hybridized carbons (Fsp3) is 0.481. The van der Waals surface area contributed by atoms with Gasteiger partial charge in [0.05, 0.1) is 17.5 Å². The van der Waals surface area contributed by atoms with Gasteiger partial charge in [-0.05, 0) is 43.9 Å². The lowest BCUT2D eigenvalue weighted by Crippen LogP contribution is -2.58. The highest BCUT2D eigenvalue weighted by atomic mass is 32.2. The molecule has 2 aromatic carbocycles. The Labute approximate surface area is 224 Å². The number of carbonyl (C=O) groups excluding carboxylic acids is 2. The van der Waals surface area contributed by atoms with E-state index in [0.717, 1.165) is 22.6 Å². The molecule has 2 aliphatic heterocycles. The van der Waals surface area contributed by atoms with E-state index < -0.39 is 21.6 Å². The number of hydrogen-bond donors (Lipinski definition) is 2. The van der Waals surface area contributed by atoms with Gasteiger partial charge in [0.1, 0.15) is 6.04 Å². The van der Waals surface area contributed by atoms with Gasteiger partial charge in [0.25, 0.3) is 0 Å². The van der Waals surface area contributed by atoms with Gasteiger partial charge < -0.3 is 16.0 Å². The number of fused-ring (bicyclic) bond motifs is 2. The molecule has 2 amide bonds. The van der Waals surface area contributed by atoms with E-state index in [1.165, 1.54) is 10.6 Å². The molecule has 2 aromatic rings. The first-order valence-corrected chi connectivity index (χ1v) is 15.5. The molecule has 2 heterocycles. The second kappa shape index (κ2) is 10.7. The summed E-state index contributed by atoms with van der Waals surface area (Å²) < 4.78 is 26.5. The van der Waals surface area contributed by atoms with Crippen LogP contribution in [-0.4, -0.2) is 68.4 Å². The summed E-state index contributed by atoms with van der Waals surface area (Å²) in [5, 5.41) is 2.88. The fourth-order valence-corrected chi connectivity index (χ4v) is 7.08. The maximum atomic E-state index is 13.6. The summed E-state index contributed by atoms with van der Waals surface area (Å²) in [5.74, 6) is 0.669. The van der Waals surface area contributed by atoms with Gasteiger partial charge in [-0.1, -0.05) is 48.5 Å². The molecule has 1 spiro atoms. The van der Waals surface area contributed by atoms with Crippen molar-refractivity contribution in [2.75, 3.05) is 35.9 Å². The summed E-state index contributed by atoms with van der Waals surface area (Å²) in [6, 6.07) is 17.0. The quantitative estimate of drug-likeness (QED) is 0.528. The van der Waals surface area contributed by atoms with E-state index in [-0.39, 0.29) is 17.2 Å². The molecule has 37 heavy (non-hydrogen) atoms. The SMILES string of the molecule is CC(C)(N)C(=O)NC(CSCc1ccccc1)C(=O)N1CCC2(CC1)CN(S(C)(=O)=O)c1ccccc12. The lowest BCUT2D eigenvalue weighted by molar-refractivity contribution is -0.138. The Bertz CT molecular complexity index is 1240. The zero-order chi connectivity index (χ0) is 26.8. The lowest BCUT2D eigenvalue weighted by Gasteiger charge is -2.41. The Hall–Kier alpha value is -2.56. The number of nitrogens with one attached hydrogen (secondary N) is 1. The van der Waals surface area contributed by atoms with Crippen LogP contribution in [0, 0.1) is 0 Å². The predicted octanol–water partition coefficient (Wildman–Crippen LogP) is 2.48. The van der Waals surface area contributed by atoms with Crippen molar-refractivity contribution in [2.24, 2.45) is 5.73 Å². The second-order valence-electron chi connectivity index (χ2n) is 10.6. The molecular weight excluding hydrogens is 508 g/mol. The van der Waals surface area contributed by atoms with Crippen LogP contribution in [0.5, 0.6) is 0 Å². The third-order valence-electron chi connectivity index (χ3n) is 7.21. The van der Waals surface area contributed by atoms with Crippen LogP contribution < -0.4 is 15.4 Å². The number of likely N-dealkylation sites (tertiary alicyclic amines) is 1. The number of benzene rings is 2. The van der Waals surface area contributed by atoms with E-state index in [1.807, 2.05) is 54.6 Å². The second-order valence-corrected chi connectivity index (χ2v) is 13.6. The highest BCUT2D eigenvalue weighted by Crippen LogP contribution is 2.47. The number of thioether (sulfide) groups is 1. The Kier molecular flexibility index (Phi) is 7.92. The maximum Gasteiger partial charge on any atom is 0.246 e. The van der Waals surface area contributed by atoms with Crippen molar-refractivity contribution in [1.82, 2.24) is 10.2 Å². The average molecular weight is 545 g/mol. The van der Waals surface area contributed by atoms with Gasteiger partial charge in [-0.2, -0.15) is 11.8 Å². The van der Waals surface area contributed by atoms with Gasteiger partial charge in [-0.3, -0.25) is 13.9 Å². The third kappa shape index (κ3) is 6.13. The topological polar surface area (TPSA) is 113 Å². The minimum Gasteiger partial charge on any atom is -0.342 e. The molecule has 0 aliphatic carbocycles. The van der Waals surface area contributed by atoms with Crippen LogP contribution in [-0.2, 0) is 30.8 Å². The third-order valence-corrected chi connectivity index (χ3v) is 9.44. The molecule has 8 nitrogen and oxygen atoms in total. The van der Waals surface area contributed by atoms with Crippen LogP contribution in [0.1, 0.15) is 37.8 Å². The number of piperidine rings is 1. The normalized spacial score (nSPS) is 17.9. The summed E-state index contributed by atoms with van der Waals surface area (Å²) >= 11 is 1.60. The molecule has 3 N–H and O–H groups in total. The van der Waals surface area contributed by atoms with Gasteiger partial charge >= 0.3 is 0 Å². The molecule has 200 valence electrons. The monoisotopic (exact) mass is 544 g/mol. The van der Waals surface area contributed by atoms with Gasteiger partial charge in [-0.25, -0.2) is 8.42 Å². The summed E-state index contributed by atoms with van der Waals surface area (Å²) in [5.41, 5.74) is 7.49. The molecule has 0 radical (unpaired) electrons. The standard InChI is InChI=1S/C27H36N4O4S2/c1-26(2,28)25(33)29-22(18-36-17-20-9-5-4-6-10-20)24(32)30-15-13-27(14-16-30)19-31(37(3,34)35)23-12-8-7-11-21(23)27/h4-12,22H,13-19,28H2,1-3H3,(H,29,33). The Balaban J connectivity index is 1.46. The van der Waals surface area contributed by atoms with Crippen LogP contribution >= 0.6 is 11.8 Å². The van der Waals surface area contributed by atoms with Gasteiger partial charge in [0.2, 0.25) is 21.8 Å². The van der Waals surface area contributed by atoms with Crippen LogP contribution in [0.2, 0.25) is 0 Å². The van der Waals surface area contributed by atoms with Gasteiger partial charge in [0.15, 0.2) is 0 Å².